The molecule has 0 saturated heterocycles. The molecule has 234 valence electrons. The van der Waals surface area contributed by atoms with Crippen molar-refractivity contribution in [3.8, 4) is 5.75 Å². The molecule has 0 heterocycles. The molecule has 2 aliphatic rings. The van der Waals surface area contributed by atoms with Crippen molar-refractivity contribution in [2.24, 2.45) is 11.8 Å². The van der Waals surface area contributed by atoms with Crippen LogP contribution in [0.3, 0.4) is 0 Å². The summed E-state index contributed by atoms with van der Waals surface area (Å²) in [5, 5.41) is -2.15. The SMILES string of the molecule is COc1ccc([C@@H]2CC(=O)[C@@H]3CC(S(=O)(=O)c4ccc(C)cc4)[C@H](c4ccccc4F)C[C@@H]3C2S(=O)(=O)c2ccccc2)cc1. The molecule has 2 fully saturated rings. The quantitative estimate of drug-likeness (QED) is 0.222. The predicted octanol–water partition coefficient (Wildman–Crippen LogP) is 6.69. The fourth-order valence-electron chi connectivity index (χ4n) is 7.44. The van der Waals surface area contributed by atoms with Crippen LogP contribution in [0, 0.1) is 24.6 Å². The Balaban J connectivity index is 1.51. The maximum absolute atomic E-state index is 15.5. The number of carbonyl (C=O) groups is 1. The molecule has 6 rings (SSSR count). The third-order valence-corrected chi connectivity index (χ3v) is 14.2. The monoisotopic (exact) mass is 646 g/mol. The van der Waals surface area contributed by atoms with Crippen LogP contribution in [0.2, 0.25) is 0 Å². The predicted molar refractivity (Wildman–Crippen MR) is 170 cm³/mol. The molecule has 4 aromatic carbocycles. The minimum absolute atomic E-state index is 0.0243. The number of halogens is 1. The second-order valence-electron chi connectivity index (χ2n) is 12.1. The Morgan fingerprint density at radius 2 is 1.31 bits per heavy atom. The van der Waals surface area contributed by atoms with E-state index in [1.165, 1.54) is 6.07 Å². The van der Waals surface area contributed by atoms with E-state index < -0.39 is 59.7 Å². The van der Waals surface area contributed by atoms with E-state index >= 15 is 4.39 Å². The lowest BCUT2D eigenvalue weighted by atomic mass is 9.61. The van der Waals surface area contributed by atoms with E-state index in [-0.39, 0.29) is 40.4 Å². The number of carbonyl (C=O) groups excluding carboxylic acids is 1. The van der Waals surface area contributed by atoms with Gasteiger partial charge in [-0.05, 0) is 79.3 Å². The molecule has 0 N–H and O–H groups in total. The van der Waals surface area contributed by atoms with Gasteiger partial charge in [-0.2, -0.15) is 0 Å². The summed E-state index contributed by atoms with van der Waals surface area (Å²) in [6.45, 7) is 1.86. The molecule has 9 heteroatoms. The standard InChI is InChI=1S/C36H35FO6S2/c1-23-12-18-27(19-13-23)44(39,40)35-22-30-32(20-31(35)28-10-6-7-11-33(28)37)36(45(41,42)26-8-4-3-5-9-26)29(21-34(30)38)24-14-16-25(43-2)17-15-24/h3-19,29-32,35-36H,20-22H2,1-2H3/t29-,30+,31-,32-,35?,36?/m0/s1. The van der Waals surface area contributed by atoms with Crippen molar-refractivity contribution < 1.29 is 30.8 Å². The zero-order valence-electron chi connectivity index (χ0n) is 25.0. The van der Waals surface area contributed by atoms with Crippen LogP contribution < -0.4 is 4.74 Å². The van der Waals surface area contributed by atoms with E-state index in [1.54, 1.807) is 104 Å². The summed E-state index contributed by atoms with van der Waals surface area (Å²) < 4.78 is 78.5. The van der Waals surface area contributed by atoms with Gasteiger partial charge in [-0.15, -0.1) is 0 Å². The molecule has 45 heavy (non-hydrogen) atoms. The molecule has 2 unspecified atom stereocenters. The second kappa shape index (κ2) is 12.2. The minimum Gasteiger partial charge on any atom is -0.497 e. The molecule has 4 aromatic rings. The number of sulfone groups is 2. The number of methoxy groups -OCH3 is 1. The van der Waals surface area contributed by atoms with E-state index in [0.29, 0.717) is 11.3 Å². The Morgan fingerprint density at radius 1 is 0.689 bits per heavy atom. The smallest absolute Gasteiger partial charge is 0.182 e. The molecule has 0 amide bonds. The molecule has 0 aromatic heterocycles. The summed E-state index contributed by atoms with van der Waals surface area (Å²) >= 11 is 0. The first-order valence-corrected chi connectivity index (χ1v) is 18.1. The fraction of sp³-hybridized carbons (Fsp3) is 0.306. The molecular weight excluding hydrogens is 612 g/mol. The maximum Gasteiger partial charge on any atom is 0.182 e. The van der Waals surface area contributed by atoms with Gasteiger partial charge >= 0.3 is 0 Å². The maximum atomic E-state index is 15.5. The topological polar surface area (TPSA) is 94.6 Å². The third-order valence-electron chi connectivity index (χ3n) is 9.66. The van der Waals surface area contributed by atoms with Crippen molar-refractivity contribution >= 4 is 25.5 Å². The van der Waals surface area contributed by atoms with Gasteiger partial charge in [-0.1, -0.05) is 66.2 Å². The second-order valence-corrected chi connectivity index (χ2v) is 16.4. The summed E-state index contributed by atoms with van der Waals surface area (Å²) in [7, 11) is -6.51. The summed E-state index contributed by atoms with van der Waals surface area (Å²) in [6, 6.07) is 27.8. The van der Waals surface area contributed by atoms with Gasteiger partial charge in [-0.3, -0.25) is 4.79 Å². The van der Waals surface area contributed by atoms with Crippen LogP contribution >= 0.6 is 0 Å². The van der Waals surface area contributed by atoms with Crippen LogP contribution in [0.5, 0.6) is 5.75 Å². The van der Waals surface area contributed by atoms with Gasteiger partial charge in [0.05, 0.1) is 27.4 Å². The van der Waals surface area contributed by atoms with E-state index in [9.17, 15) is 21.6 Å². The lowest BCUT2D eigenvalue weighted by molar-refractivity contribution is -0.128. The lowest BCUT2D eigenvalue weighted by Gasteiger charge is -2.48. The number of rotatable bonds is 7. The number of hydrogen-bond donors (Lipinski definition) is 0. The third kappa shape index (κ3) is 5.72. The van der Waals surface area contributed by atoms with Crippen LogP contribution in [-0.4, -0.2) is 40.2 Å². The summed E-state index contributed by atoms with van der Waals surface area (Å²) in [4.78, 5) is 14.3. The number of Topliss-reactive ketones (excluding diaryl/α,β-unsaturated/α-hetero) is 1. The van der Waals surface area contributed by atoms with E-state index in [2.05, 4.69) is 0 Å². The largest absolute Gasteiger partial charge is 0.497 e. The Bertz CT molecular complexity index is 1910. The van der Waals surface area contributed by atoms with Crippen LogP contribution in [0.25, 0.3) is 0 Å². The van der Waals surface area contributed by atoms with Crippen molar-refractivity contribution in [3.63, 3.8) is 0 Å². The van der Waals surface area contributed by atoms with E-state index in [0.717, 1.165) is 5.56 Å². The highest BCUT2D eigenvalue weighted by Gasteiger charge is 2.56. The Labute approximate surface area is 264 Å². The fourth-order valence-corrected chi connectivity index (χ4v) is 11.7. The molecular formula is C36H35FO6S2. The molecule has 0 spiro atoms. The van der Waals surface area contributed by atoms with Gasteiger partial charge in [-0.25, -0.2) is 21.2 Å². The highest BCUT2D eigenvalue weighted by Crippen LogP contribution is 2.54. The number of fused-ring (bicyclic) bond motifs is 1. The Kier molecular flexibility index (Phi) is 8.43. The van der Waals surface area contributed by atoms with Gasteiger partial charge in [0, 0.05) is 24.2 Å². The van der Waals surface area contributed by atoms with E-state index in [4.69, 9.17) is 4.74 Å². The van der Waals surface area contributed by atoms with Gasteiger partial charge < -0.3 is 4.74 Å². The first-order valence-electron chi connectivity index (χ1n) is 15.0. The first kappa shape index (κ1) is 31.2. The van der Waals surface area contributed by atoms with Crippen LogP contribution in [0.1, 0.15) is 47.8 Å². The van der Waals surface area contributed by atoms with Crippen molar-refractivity contribution in [2.45, 2.75) is 58.3 Å². The van der Waals surface area contributed by atoms with Gasteiger partial charge in [0.1, 0.15) is 17.3 Å². The summed E-state index contributed by atoms with van der Waals surface area (Å²) in [5.74, 6) is -3.23. The van der Waals surface area contributed by atoms with Crippen LogP contribution in [0.15, 0.2) is 113 Å². The number of ketones is 1. The molecule has 6 atom stereocenters. The first-order chi connectivity index (χ1) is 21.5. The Morgan fingerprint density at radius 3 is 1.96 bits per heavy atom. The number of ether oxygens (including phenoxy) is 1. The highest BCUT2D eigenvalue weighted by molar-refractivity contribution is 7.92. The van der Waals surface area contributed by atoms with E-state index in [1.807, 2.05) is 6.92 Å². The van der Waals surface area contributed by atoms with Crippen LogP contribution in [-0.2, 0) is 24.5 Å². The molecule has 0 radical (unpaired) electrons. The highest BCUT2D eigenvalue weighted by atomic mass is 32.2. The lowest BCUT2D eigenvalue weighted by Crippen LogP contribution is -2.53. The average Bonchev–Trinajstić information content (AvgIpc) is 3.05. The van der Waals surface area contributed by atoms with Gasteiger partial charge in [0.25, 0.3) is 0 Å². The van der Waals surface area contributed by atoms with Crippen molar-refractivity contribution in [3.05, 3.63) is 126 Å². The zero-order valence-corrected chi connectivity index (χ0v) is 26.7. The molecule has 0 bridgehead atoms. The Hall–Kier alpha value is -3.82. The summed E-state index contributed by atoms with van der Waals surface area (Å²) in [5.41, 5.74) is 1.79. The number of benzene rings is 4. The van der Waals surface area contributed by atoms with Gasteiger partial charge in [0.15, 0.2) is 19.7 Å². The van der Waals surface area contributed by atoms with Crippen molar-refractivity contribution in [2.75, 3.05) is 7.11 Å². The van der Waals surface area contributed by atoms with Gasteiger partial charge in [0.2, 0.25) is 0 Å². The van der Waals surface area contributed by atoms with Crippen molar-refractivity contribution in [1.29, 1.82) is 0 Å². The molecule has 2 aliphatic carbocycles. The molecule has 6 nitrogen and oxygen atoms in total. The zero-order chi connectivity index (χ0) is 31.9. The normalized spacial score (nSPS) is 25.4. The molecule has 2 saturated carbocycles. The molecule has 0 aliphatic heterocycles. The summed E-state index contributed by atoms with van der Waals surface area (Å²) in [6.07, 6.45) is -0.114. The number of aryl methyl sites for hydroxylation is 1. The van der Waals surface area contributed by atoms with Crippen molar-refractivity contribution in [1.82, 2.24) is 0 Å². The van der Waals surface area contributed by atoms with Crippen LogP contribution in [0.4, 0.5) is 4.39 Å². The minimum atomic E-state index is -4.03. The number of hydrogen-bond acceptors (Lipinski definition) is 6. The average molecular weight is 647 g/mol.